The quantitative estimate of drug-likeness (QED) is 0.665. The molecule has 23 heavy (non-hydrogen) atoms. The normalized spacial score (nSPS) is 13.5. The van der Waals surface area contributed by atoms with Crippen LogP contribution in [0.1, 0.15) is 33.7 Å². The van der Waals surface area contributed by atoms with Gasteiger partial charge in [0.25, 0.3) is 5.91 Å². The Bertz CT molecular complexity index is 757. The molecule has 0 aliphatic heterocycles. The molecule has 0 unspecified atom stereocenters. The van der Waals surface area contributed by atoms with Gasteiger partial charge in [-0.15, -0.1) is 22.7 Å². The molecular formula is C16H15N3O2S2. The standard InChI is InChI=1S/C16H15N3O2S2/c17-8-13-12-5-1-2-6-14(12)23-16(13)19-15(20)10-21-18-9-11-4-3-7-22-11/h3-4,7,9H,1-2,5-6,10H2,(H,19,20)/b18-9-. The van der Waals surface area contributed by atoms with Gasteiger partial charge in [0.05, 0.1) is 11.8 Å². The summed E-state index contributed by atoms with van der Waals surface area (Å²) < 4.78 is 0. The Kier molecular flexibility index (Phi) is 5.05. The summed E-state index contributed by atoms with van der Waals surface area (Å²) in [6.45, 7) is -0.171. The monoisotopic (exact) mass is 345 g/mol. The van der Waals surface area contributed by atoms with E-state index < -0.39 is 0 Å². The first-order valence-corrected chi connectivity index (χ1v) is 9.01. The Hall–Kier alpha value is -2.17. The molecule has 3 rings (SSSR count). The third-order valence-electron chi connectivity index (χ3n) is 3.53. The van der Waals surface area contributed by atoms with Crippen molar-refractivity contribution in [2.24, 2.45) is 5.16 Å². The van der Waals surface area contributed by atoms with E-state index in [-0.39, 0.29) is 12.5 Å². The predicted molar refractivity (Wildman–Crippen MR) is 92.2 cm³/mol. The maximum absolute atomic E-state index is 11.9. The molecule has 0 spiro atoms. The largest absolute Gasteiger partial charge is 0.386 e. The smallest absolute Gasteiger partial charge is 0.265 e. The minimum absolute atomic E-state index is 0.171. The third-order valence-corrected chi connectivity index (χ3v) is 5.54. The fourth-order valence-electron chi connectivity index (χ4n) is 2.48. The lowest BCUT2D eigenvalue weighted by Gasteiger charge is -2.09. The highest BCUT2D eigenvalue weighted by molar-refractivity contribution is 7.16. The van der Waals surface area contributed by atoms with E-state index in [0.29, 0.717) is 10.6 Å². The maximum Gasteiger partial charge on any atom is 0.265 e. The van der Waals surface area contributed by atoms with Gasteiger partial charge in [0, 0.05) is 9.75 Å². The third kappa shape index (κ3) is 3.78. The molecular weight excluding hydrogens is 330 g/mol. The number of rotatable bonds is 5. The van der Waals surface area contributed by atoms with Crippen molar-refractivity contribution in [1.29, 1.82) is 5.26 Å². The number of oxime groups is 1. The number of anilines is 1. The van der Waals surface area contributed by atoms with Gasteiger partial charge in [-0.25, -0.2) is 0 Å². The number of hydrogen-bond acceptors (Lipinski definition) is 6. The molecule has 2 heterocycles. The van der Waals surface area contributed by atoms with Crippen molar-refractivity contribution >= 4 is 39.8 Å². The summed E-state index contributed by atoms with van der Waals surface area (Å²) in [5, 5.41) is 18.5. The summed E-state index contributed by atoms with van der Waals surface area (Å²) >= 11 is 3.05. The summed E-state index contributed by atoms with van der Waals surface area (Å²) in [5.74, 6) is -0.302. The van der Waals surface area contributed by atoms with Crippen LogP contribution in [0.4, 0.5) is 5.00 Å². The van der Waals surface area contributed by atoms with Gasteiger partial charge in [-0.3, -0.25) is 4.79 Å². The number of carbonyl (C=O) groups is 1. The van der Waals surface area contributed by atoms with Crippen LogP contribution in [0.5, 0.6) is 0 Å². The molecule has 118 valence electrons. The van der Waals surface area contributed by atoms with Gasteiger partial charge in [0.15, 0.2) is 6.61 Å². The van der Waals surface area contributed by atoms with Gasteiger partial charge in [-0.1, -0.05) is 11.2 Å². The van der Waals surface area contributed by atoms with E-state index in [9.17, 15) is 10.1 Å². The number of thiophene rings is 2. The highest BCUT2D eigenvalue weighted by Gasteiger charge is 2.21. The van der Waals surface area contributed by atoms with Crippen LogP contribution in [0, 0.1) is 11.3 Å². The van der Waals surface area contributed by atoms with Crippen molar-refractivity contribution in [3.05, 3.63) is 38.4 Å². The number of nitrogens with zero attached hydrogens (tertiary/aromatic N) is 2. The van der Waals surface area contributed by atoms with Crippen molar-refractivity contribution in [2.45, 2.75) is 25.7 Å². The molecule has 7 heteroatoms. The van der Waals surface area contributed by atoms with E-state index in [0.717, 1.165) is 36.1 Å². The number of hydrogen-bond donors (Lipinski definition) is 1. The van der Waals surface area contributed by atoms with Crippen LogP contribution in [0.3, 0.4) is 0 Å². The van der Waals surface area contributed by atoms with E-state index in [4.69, 9.17) is 4.84 Å². The first-order chi connectivity index (χ1) is 11.3. The molecule has 2 aromatic rings. The van der Waals surface area contributed by atoms with E-state index in [1.165, 1.54) is 16.2 Å². The average molecular weight is 345 g/mol. The van der Waals surface area contributed by atoms with Gasteiger partial charge >= 0.3 is 0 Å². The molecule has 0 aromatic carbocycles. The van der Waals surface area contributed by atoms with Gasteiger partial charge in [-0.2, -0.15) is 5.26 Å². The van der Waals surface area contributed by atoms with Gasteiger partial charge in [0.2, 0.25) is 0 Å². The lowest BCUT2D eigenvalue weighted by Crippen LogP contribution is -2.16. The van der Waals surface area contributed by atoms with Crippen molar-refractivity contribution < 1.29 is 9.63 Å². The van der Waals surface area contributed by atoms with Crippen LogP contribution in [-0.4, -0.2) is 18.7 Å². The number of nitrogens with one attached hydrogen (secondary N) is 1. The van der Waals surface area contributed by atoms with Gasteiger partial charge in [-0.05, 0) is 42.7 Å². The van der Waals surface area contributed by atoms with Crippen molar-refractivity contribution in [3.8, 4) is 6.07 Å². The van der Waals surface area contributed by atoms with Crippen LogP contribution >= 0.6 is 22.7 Å². The molecule has 1 amide bonds. The molecule has 0 radical (unpaired) electrons. The first kappa shape index (κ1) is 15.7. The van der Waals surface area contributed by atoms with Crippen LogP contribution in [0.15, 0.2) is 22.7 Å². The highest BCUT2D eigenvalue weighted by Crippen LogP contribution is 2.37. The Morgan fingerprint density at radius 1 is 1.48 bits per heavy atom. The highest BCUT2D eigenvalue weighted by atomic mass is 32.1. The molecule has 1 aliphatic carbocycles. The molecule has 0 fully saturated rings. The fraction of sp³-hybridized carbons (Fsp3) is 0.312. The second-order valence-electron chi connectivity index (χ2n) is 5.10. The van der Waals surface area contributed by atoms with Gasteiger partial charge in [0.1, 0.15) is 11.1 Å². The first-order valence-electron chi connectivity index (χ1n) is 7.31. The molecule has 2 aromatic heterocycles. The molecule has 0 atom stereocenters. The second kappa shape index (κ2) is 7.40. The molecule has 0 saturated heterocycles. The van der Waals surface area contributed by atoms with Crippen molar-refractivity contribution in [2.75, 3.05) is 11.9 Å². The van der Waals surface area contributed by atoms with Crippen LogP contribution in [0.25, 0.3) is 0 Å². The van der Waals surface area contributed by atoms with Crippen molar-refractivity contribution in [1.82, 2.24) is 0 Å². The lowest BCUT2D eigenvalue weighted by molar-refractivity contribution is -0.120. The van der Waals surface area contributed by atoms with Crippen LogP contribution in [-0.2, 0) is 22.5 Å². The SMILES string of the molecule is N#Cc1c(NC(=O)CO/N=C\c2cccs2)sc2c1CCCC2. The van der Waals surface area contributed by atoms with E-state index in [1.54, 1.807) is 17.6 Å². The van der Waals surface area contributed by atoms with E-state index >= 15 is 0 Å². The predicted octanol–water partition coefficient (Wildman–Crippen LogP) is 3.55. The lowest BCUT2D eigenvalue weighted by atomic mass is 9.96. The van der Waals surface area contributed by atoms with Crippen molar-refractivity contribution in [3.63, 3.8) is 0 Å². The summed E-state index contributed by atoms with van der Waals surface area (Å²) in [7, 11) is 0. The van der Waals surface area contributed by atoms with Crippen LogP contribution in [0.2, 0.25) is 0 Å². The zero-order valence-corrected chi connectivity index (χ0v) is 14.0. The number of amides is 1. The second-order valence-corrected chi connectivity index (χ2v) is 7.18. The Labute approximate surface area is 142 Å². The molecule has 5 nitrogen and oxygen atoms in total. The topological polar surface area (TPSA) is 74.5 Å². The summed E-state index contributed by atoms with van der Waals surface area (Å²) in [6.07, 6.45) is 5.74. The number of aryl methyl sites for hydroxylation is 1. The number of nitriles is 1. The maximum atomic E-state index is 11.9. The Morgan fingerprint density at radius 3 is 3.13 bits per heavy atom. The molecule has 1 aliphatic rings. The average Bonchev–Trinajstić information content (AvgIpc) is 3.18. The molecule has 0 saturated carbocycles. The Balaban J connectivity index is 1.58. The minimum Gasteiger partial charge on any atom is -0.386 e. The summed E-state index contributed by atoms with van der Waals surface area (Å²) in [6, 6.07) is 6.05. The summed E-state index contributed by atoms with van der Waals surface area (Å²) in [4.78, 5) is 19.1. The molecule has 1 N–H and O–H groups in total. The number of fused-ring (bicyclic) bond motifs is 1. The molecule has 0 bridgehead atoms. The van der Waals surface area contributed by atoms with Gasteiger partial charge < -0.3 is 10.2 Å². The number of carbonyl (C=O) groups excluding carboxylic acids is 1. The minimum atomic E-state index is -0.302. The summed E-state index contributed by atoms with van der Waals surface area (Å²) in [5.41, 5.74) is 1.72. The Morgan fingerprint density at radius 2 is 2.35 bits per heavy atom. The fourth-order valence-corrected chi connectivity index (χ4v) is 4.32. The van der Waals surface area contributed by atoms with Crippen LogP contribution < -0.4 is 5.32 Å². The van der Waals surface area contributed by atoms with E-state index in [2.05, 4.69) is 16.5 Å². The zero-order chi connectivity index (χ0) is 16.1. The van der Waals surface area contributed by atoms with E-state index in [1.807, 2.05) is 17.5 Å². The zero-order valence-electron chi connectivity index (χ0n) is 12.4.